The molecule has 0 amide bonds. The zero-order valence-electron chi connectivity index (χ0n) is 9.04. The van der Waals surface area contributed by atoms with Gasteiger partial charge in [-0.2, -0.15) is 18.2 Å². The Morgan fingerprint density at radius 1 is 1.33 bits per heavy atom. The predicted octanol–water partition coefficient (Wildman–Crippen LogP) is 1.37. The summed E-state index contributed by atoms with van der Waals surface area (Å²) in [5, 5.41) is 0. The summed E-state index contributed by atoms with van der Waals surface area (Å²) >= 11 is 0. The summed E-state index contributed by atoms with van der Waals surface area (Å²) < 4.78 is 40.5. The van der Waals surface area contributed by atoms with Crippen molar-refractivity contribution >= 4 is 11.2 Å². The molecule has 2 aromatic rings. The standard InChI is InChI=1S/C9H9F3N4O2/c10-9(11,12)2-1-3-18-8-13-4-5-6(16-8)15-7(17)14-5/h4H,1-3H2,(H2,13,14,15,16,17). The van der Waals surface area contributed by atoms with Crippen LogP contribution in [0.25, 0.3) is 11.2 Å². The van der Waals surface area contributed by atoms with Gasteiger partial charge in [-0.1, -0.05) is 0 Å². The molecule has 6 nitrogen and oxygen atoms in total. The average molecular weight is 262 g/mol. The minimum absolute atomic E-state index is 0.0695. The van der Waals surface area contributed by atoms with Crippen LogP contribution < -0.4 is 10.4 Å². The molecule has 0 saturated carbocycles. The largest absolute Gasteiger partial charge is 0.463 e. The Balaban J connectivity index is 1.93. The lowest BCUT2D eigenvalue weighted by atomic mass is 10.3. The monoisotopic (exact) mass is 262 g/mol. The first-order valence-electron chi connectivity index (χ1n) is 5.09. The summed E-state index contributed by atoms with van der Waals surface area (Å²) in [6.45, 7) is -0.139. The molecule has 98 valence electrons. The van der Waals surface area contributed by atoms with Crippen LogP contribution in [-0.2, 0) is 0 Å². The molecular formula is C9H9F3N4O2. The van der Waals surface area contributed by atoms with Gasteiger partial charge in [-0.15, -0.1) is 0 Å². The van der Waals surface area contributed by atoms with Gasteiger partial charge < -0.3 is 9.72 Å². The third-order valence-corrected chi connectivity index (χ3v) is 2.08. The van der Waals surface area contributed by atoms with E-state index in [1.165, 1.54) is 6.20 Å². The van der Waals surface area contributed by atoms with Crippen molar-refractivity contribution in [3.05, 3.63) is 16.7 Å². The molecule has 0 saturated heterocycles. The molecule has 2 aromatic heterocycles. The number of alkyl halides is 3. The Kier molecular flexibility index (Phi) is 3.21. The van der Waals surface area contributed by atoms with Crippen molar-refractivity contribution in [3.63, 3.8) is 0 Å². The SMILES string of the molecule is O=c1[nH]c2cnc(OCCCC(F)(F)F)nc2[nH]1. The molecule has 0 atom stereocenters. The van der Waals surface area contributed by atoms with Gasteiger partial charge in [-0.05, 0) is 6.42 Å². The second-order valence-corrected chi connectivity index (χ2v) is 3.56. The van der Waals surface area contributed by atoms with Crippen LogP contribution in [-0.4, -0.2) is 32.7 Å². The van der Waals surface area contributed by atoms with Gasteiger partial charge in [0.2, 0.25) is 0 Å². The summed E-state index contributed by atoms with van der Waals surface area (Å²) in [6, 6.07) is -0.0695. The molecule has 0 fully saturated rings. The molecule has 0 aliphatic heterocycles. The van der Waals surface area contributed by atoms with Crippen LogP contribution in [0.3, 0.4) is 0 Å². The maximum atomic E-state index is 11.9. The number of ether oxygens (including phenoxy) is 1. The first kappa shape index (κ1) is 12.4. The van der Waals surface area contributed by atoms with E-state index in [1.807, 2.05) is 0 Å². The highest BCUT2D eigenvalue weighted by molar-refractivity contribution is 5.68. The van der Waals surface area contributed by atoms with Gasteiger partial charge in [-0.3, -0.25) is 4.98 Å². The molecule has 0 spiro atoms. The van der Waals surface area contributed by atoms with Gasteiger partial charge in [0, 0.05) is 6.42 Å². The molecule has 0 radical (unpaired) electrons. The van der Waals surface area contributed by atoms with E-state index in [4.69, 9.17) is 4.74 Å². The number of rotatable bonds is 4. The highest BCUT2D eigenvalue weighted by atomic mass is 19.4. The molecule has 0 aliphatic carbocycles. The van der Waals surface area contributed by atoms with Crippen LogP contribution in [0.1, 0.15) is 12.8 Å². The number of fused-ring (bicyclic) bond motifs is 1. The van der Waals surface area contributed by atoms with E-state index in [9.17, 15) is 18.0 Å². The normalized spacial score (nSPS) is 11.9. The summed E-state index contributed by atoms with van der Waals surface area (Å²) in [5.74, 6) is 0. The molecule has 0 bridgehead atoms. The quantitative estimate of drug-likeness (QED) is 0.815. The minimum Gasteiger partial charge on any atom is -0.463 e. The fourth-order valence-corrected chi connectivity index (χ4v) is 1.32. The lowest BCUT2D eigenvalue weighted by Gasteiger charge is -2.06. The van der Waals surface area contributed by atoms with E-state index in [1.54, 1.807) is 0 Å². The van der Waals surface area contributed by atoms with E-state index >= 15 is 0 Å². The predicted molar refractivity (Wildman–Crippen MR) is 55.3 cm³/mol. The van der Waals surface area contributed by atoms with Crippen LogP contribution in [0.5, 0.6) is 6.01 Å². The summed E-state index contributed by atoms with van der Waals surface area (Å²) in [4.78, 5) is 23.3. The lowest BCUT2D eigenvalue weighted by Crippen LogP contribution is -2.10. The Bertz CT molecular complexity index is 589. The van der Waals surface area contributed by atoms with Crippen LogP contribution >= 0.6 is 0 Å². The molecule has 2 N–H and O–H groups in total. The highest BCUT2D eigenvalue weighted by Crippen LogP contribution is 2.21. The first-order chi connectivity index (χ1) is 8.44. The number of hydrogen-bond donors (Lipinski definition) is 2. The fourth-order valence-electron chi connectivity index (χ4n) is 1.32. The van der Waals surface area contributed by atoms with Crippen molar-refractivity contribution in [1.29, 1.82) is 0 Å². The second-order valence-electron chi connectivity index (χ2n) is 3.56. The zero-order valence-corrected chi connectivity index (χ0v) is 9.04. The molecule has 2 heterocycles. The average Bonchev–Trinajstić information content (AvgIpc) is 2.62. The second kappa shape index (κ2) is 4.67. The summed E-state index contributed by atoms with van der Waals surface area (Å²) in [7, 11) is 0. The van der Waals surface area contributed by atoms with Crippen molar-refractivity contribution in [1.82, 2.24) is 19.9 Å². The van der Waals surface area contributed by atoms with Crippen molar-refractivity contribution in [2.75, 3.05) is 6.61 Å². The first-order valence-corrected chi connectivity index (χ1v) is 5.09. The van der Waals surface area contributed by atoms with E-state index in [0.29, 0.717) is 5.52 Å². The maximum absolute atomic E-state index is 11.9. The van der Waals surface area contributed by atoms with E-state index in [-0.39, 0.29) is 24.7 Å². The Hall–Kier alpha value is -2.06. The van der Waals surface area contributed by atoms with Crippen LogP contribution in [0, 0.1) is 0 Å². The van der Waals surface area contributed by atoms with Gasteiger partial charge in [0.25, 0.3) is 0 Å². The van der Waals surface area contributed by atoms with Gasteiger partial charge in [0.15, 0.2) is 5.65 Å². The van der Waals surface area contributed by atoms with E-state index in [2.05, 4.69) is 19.9 Å². The van der Waals surface area contributed by atoms with Crippen molar-refractivity contribution in [2.45, 2.75) is 19.0 Å². The molecule has 18 heavy (non-hydrogen) atoms. The third-order valence-electron chi connectivity index (χ3n) is 2.08. The van der Waals surface area contributed by atoms with Crippen molar-refractivity contribution in [2.24, 2.45) is 0 Å². The Morgan fingerprint density at radius 2 is 2.11 bits per heavy atom. The minimum atomic E-state index is -4.19. The van der Waals surface area contributed by atoms with E-state index in [0.717, 1.165) is 0 Å². The number of imidazole rings is 1. The number of halogens is 3. The number of nitrogens with zero attached hydrogens (tertiary/aromatic N) is 2. The number of aromatic nitrogens is 4. The lowest BCUT2D eigenvalue weighted by molar-refractivity contribution is -0.136. The maximum Gasteiger partial charge on any atom is 0.389 e. The van der Waals surface area contributed by atoms with E-state index < -0.39 is 18.3 Å². The number of aromatic amines is 2. The smallest absolute Gasteiger partial charge is 0.389 e. The fraction of sp³-hybridized carbons (Fsp3) is 0.444. The van der Waals surface area contributed by atoms with Gasteiger partial charge in [0.1, 0.15) is 5.52 Å². The van der Waals surface area contributed by atoms with Gasteiger partial charge in [-0.25, -0.2) is 9.78 Å². The number of H-pyrrole nitrogens is 2. The summed E-state index contributed by atoms with van der Waals surface area (Å²) in [6.07, 6.45) is -3.97. The third kappa shape index (κ3) is 3.22. The Labute approximate surface area is 98.2 Å². The number of hydrogen-bond acceptors (Lipinski definition) is 4. The number of nitrogens with one attached hydrogen (secondary N) is 2. The van der Waals surface area contributed by atoms with Gasteiger partial charge >= 0.3 is 17.9 Å². The zero-order chi connectivity index (χ0) is 13.2. The topological polar surface area (TPSA) is 83.7 Å². The molecule has 2 rings (SSSR count). The Morgan fingerprint density at radius 3 is 2.83 bits per heavy atom. The molecule has 9 heteroatoms. The van der Waals surface area contributed by atoms with Crippen molar-refractivity contribution in [3.8, 4) is 6.01 Å². The highest BCUT2D eigenvalue weighted by Gasteiger charge is 2.26. The molecule has 0 unspecified atom stereocenters. The molecule has 0 aliphatic rings. The van der Waals surface area contributed by atoms with Crippen LogP contribution in [0.15, 0.2) is 11.0 Å². The summed E-state index contributed by atoms with van der Waals surface area (Å²) in [5.41, 5.74) is 0.219. The molecular weight excluding hydrogens is 253 g/mol. The van der Waals surface area contributed by atoms with Crippen LogP contribution in [0.2, 0.25) is 0 Å². The van der Waals surface area contributed by atoms with Crippen LogP contribution in [0.4, 0.5) is 13.2 Å². The molecule has 0 aromatic carbocycles. The van der Waals surface area contributed by atoms with Gasteiger partial charge in [0.05, 0.1) is 12.8 Å². The van der Waals surface area contributed by atoms with Crippen molar-refractivity contribution < 1.29 is 17.9 Å².